The van der Waals surface area contributed by atoms with E-state index in [1.54, 1.807) is 18.6 Å². The monoisotopic (exact) mass is 303 g/mol. The molecular formula is C12H10BrN5. The van der Waals surface area contributed by atoms with Crippen LogP contribution in [0, 0.1) is 0 Å². The van der Waals surface area contributed by atoms with Crippen molar-refractivity contribution in [2.75, 3.05) is 5.32 Å². The van der Waals surface area contributed by atoms with Gasteiger partial charge in [0.1, 0.15) is 5.52 Å². The Kier molecular flexibility index (Phi) is 2.93. The van der Waals surface area contributed by atoms with E-state index in [1.165, 1.54) is 0 Å². The van der Waals surface area contributed by atoms with E-state index in [0.29, 0.717) is 6.54 Å². The molecule has 0 aliphatic rings. The molecule has 2 N–H and O–H groups in total. The minimum absolute atomic E-state index is 0.677. The van der Waals surface area contributed by atoms with Crippen LogP contribution in [0.1, 0.15) is 5.69 Å². The van der Waals surface area contributed by atoms with E-state index in [0.717, 1.165) is 26.9 Å². The molecule has 5 nitrogen and oxygen atoms in total. The highest BCUT2D eigenvalue weighted by Gasteiger charge is 2.04. The van der Waals surface area contributed by atoms with Gasteiger partial charge >= 0.3 is 0 Å². The van der Waals surface area contributed by atoms with Crippen molar-refractivity contribution in [3.63, 3.8) is 0 Å². The third-order valence-corrected chi connectivity index (χ3v) is 3.01. The lowest BCUT2D eigenvalue weighted by Gasteiger charge is -2.07. The van der Waals surface area contributed by atoms with Gasteiger partial charge < -0.3 is 5.32 Å². The fourth-order valence-corrected chi connectivity index (χ4v) is 2.04. The molecule has 0 aliphatic carbocycles. The van der Waals surface area contributed by atoms with Crippen LogP contribution in [0.4, 0.5) is 5.69 Å². The molecule has 0 unspecified atom stereocenters. The summed E-state index contributed by atoms with van der Waals surface area (Å²) in [5, 5.41) is 10.1. The Morgan fingerprint density at radius 3 is 3.00 bits per heavy atom. The highest BCUT2D eigenvalue weighted by molar-refractivity contribution is 9.10. The summed E-state index contributed by atoms with van der Waals surface area (Å²) in [5.41, 5.74) is 3.71. The van der Waals surface area contributed by atoms with Crippen LogP contribution in [0.3, 0.4) is 0 Å². The van der Waals surface area contributed by atoms with Gasteiger partial charge in [-0.2, -0.15) is 5.10 Å². The van der Waals surface area contributed by atoms with Crippen molar-refractivity contribution in [2.45, 2.75) is 6.54 Å². The van der Waals surface area contributed by atoms with E-state index in [-0.39, 0.29) is 0 Å². The number of halogens is 1. The molecule has 0 bridgehead atoms. The van der Waals surface area contributed by atoms with E-state index < -0.39 is 0 Å². The SMILES string of the molecule is Brc1cnc2c(NCc3ccn[nH]3)ccnc2c1. The van der Waals surface area contributed by atoms with Gasteiger partial charge in [-0.3, -0.25) is 15.1 Å². The zero-order chi connectivity index (χ0) is 12.4. The first-order valence-corrected chi connectivity index (χ1v) is 6.24. The molecule has 0 aliphatic heterocycles. The van der Waals surface area contributed by atoms with E-state index >= 15 is 0 Å². The Morgan fingerprint density at radius 1 is 1.22 bits per heavy atom. The predicted octanol–water partition coefficient (Wildman–Crippen LogP) is 2.73. The molecular weight excluding hydrogens is 294 g/mol. The van der Waals surface area contributed by atoms with Gasteiger partial charge in [-0.1, -0.05) is 0 Å². The van der Waals surface area contributed by atoms with Crippen molar-refractivity contribution in [3.8, 4) is 0 Å². The Bertz CT molecular complexity index is 665. The zero-order valence-corrected chi connectivity index (χ0v) is 11.0. The van der Waals surface area contributed by atoms with Crippen molar-refractivity contribution in [3.05, 3.63) is 47.0 Å². The molecule has 0 atom stereocenters. The standard InChI is InChI=1S/C12H10BrN5/c13-8-5-11-12(16-6-8)10(2-3-14-11)15-7-9-1-4-17-18-9/h1-6H,7H2,(H,14,15)(H,17,18). The van der Waals surface area contributed by atoms with E-state index in [4.69, 9.17) is 0 Å². The second-order valence-corrected chi connectivity index (χ2v) is 4.73. The first kappa shape index (κ1) is 11.2. The van der Waals surface area contributed by atoms with E-state index in [9.17, 15) is 0 Å². The molecule has 3 rings (SSSR count). The second-order valence-electron chi connectivity index (χ2n) is 3.82. The summed E-state index contributed by atoms with van der Waals surface area (Å²) in [5.74, 6) is 0. The molecule has 0 aromatic carbocycles. The third-order valence-electron chi connectivity index (χ3n) is 2.57. The molecule has 0 spiro atoms. The summed E-state index contributed by atoms with van der Waals surface area (Å²) in [6.45, 7) is 0.677. The normalized spacial score (nSPS) is 10.7. The summed E-state index contributed by atoms with van der Waals surface area (Å²) in [6.07, 6.45) is 5.27. The number of hydrogen-bond acceptors (Lipinski definition) is 4. The number of H-pyrrole nitrogens is 1. The Labute approximate surface area is 112 Å². The number of aromatic amines is 1. The maximum atomic E-state index is 4.38. The predicted molar refractivity (Wildman–Crippen MR) is 73.2 cm³/mol. The van der Waals surface area contributed by atoms with Gasteiger partial charge in [0.05, 0.1) is 23.4 Å². The first-order chi connectivity index (χ1) is 8.83. The summed E-state index contributed by atoms with van der Waals surface area (Å²) >= 11 is 3.39. The van der Waals surface area contributed by atoms with Crippen LogP contribution in [0.5, 0.6) is 0 Å². The molecule has 0 fully saturated rings. The summed E-state index contributed by atoms with van der Waals surface area (Å²) in [4.78, 5) is 8.68. The molecule has 0 saturated carbocycles. The molecule has 0 radical (unpaired) electrons. The number of fused-ring (bicyclic) bond motifs is 1. The van der Waals surface area contributed by atoms with Crippen LogP contribution in [-0.4, -0.2) is 20.2 Å². The number of hydrogen-bond donors (Lipinski definition) is 2. The fraction of sp³-hybridized carbons (Fsp3) is 0.0833. The lowest BCUT2D eigenvalue weighted by atomic mass is 10.3. The highest BCUT2D eigenvalue weighted by atomic mass is 79.9. The first-order valence-electron chi connectivity index (χ1n) is 5.45. The Balaban J connectivity index is 1.92. The van der Waals surface area contributed by atoms with E-state index in [1.807, 2.05) is 18.2 Å². The molecule has 3 aromatic heterocycles. The Morgan fingerprint density at radius 2 is 2.17 bits per heavy atom. The quantitative estimate of drug-likeness (QED) is 0.781. The smallest absolute Gasteiger partial charge is 0.112 e. The van der Waals surface area contributed by atoms with Crippen LogP contribution in [-0.2, 0) is 6.54 Å². The molecule has 0 amide bonds. The van der Waals surface area contributed by atoms with Crippen molar-refractivity contribution in [1.29, 1.82) is 0 Å². The largest absolute Gasteiger partial charge is 0.378 e. The van der Waals surface area contributed by atoms with Gasteiger partial charge in [0, 0.05) is 23.1 Å². The van der Waals surface area contributed by atoms with Gasteiger partial charge in [0.25, 0.3) is 0 Å². The van der Waals surface area contributed by atoms with Crippen LogP contribution in [0.2, 0.25) is 0 Å². The van der Waals surface area contributed by atoms with E-state index in [2.05, 4.69) is 41.4 Å². The average molecular weight is 304 g/mol. The van der Waals surface area contributed by atoms with Gasteiger partial charge in [0.15, 0.2) is 0 Å². The highest BCUT2D eigenvalue weighted by Crippen LogP contribution is 2.22. The summed E-state index contributed by atoms with van der Waals surface area (Å²) < 4.78 is 0.924. The van der Waals surface area contributed by atoms with Crippen LogP contribution >= 0.6 is 15.9 Å². The Hall–Kier alpha value is -1.95. The topological polar surface area (TPSA) is 66.5 Å². The number of nitrogens with zero attached hydrogens (tertiary/aromatic N) is 3. The molecule has 3 aromatic rings. The number of aromatic nitrogens is 4. The van der Waals surface area contributed by atoms with Gasteiger partial charge in [-0.25, -0.2) is 0 Å². The van der Waals surface area contributed by atoms with Crippen LogP contribution in [0.25, 0.3) is 11.0 Å². The third kappa shape index (κ3) is 2.19. The number of nitrogens with one attached hydrogen (secondary N) is 2. The van der Waals surface area contributed by atoms with Crippen molar-refractivity contribution in [2.24, 2.45) is 0 Å². The minimum atomic E-state index is 0.677. The van der Waals surface area contributed by atoms with Gasteiger partial charge in [-0.05, 0) is 34.1 Å². The van der Waals surface area contributed by atoms with Crippen molar-refractivity contribution in [1.82, 2.24) is 20.2 Å². The maximum absolute atomic E-state index is 4.38. The molecule has 3 heterocycles. The number of rotatable bonds is 3. The molecule has 6 heteroatoms. The van der Waals surface area contributed by atoms with Gasteiger partial charge in [-0.15, -0.1) is 0 Å². The van der Waals surface area contributed by atoms with Crippen molar-refractivity contribution < 1.29 is 0 Å². The zero-order valence-electron chi connectivity index (χ0n) is 9.39. The molecule has 18 heavy (non-hydrogen) atoms. The summed E-state index contributed by atoms with van der Waals surface area (Å²) in [7, 11) is 0. The number of pyridine rings is 2. The maximum Gasteiger partial charge on any atom is 0.112 e. The van der Waals surface area contributed by atoms with Gasteiger partial charge in [0.2, 0.25) is 0 Å². The molecule has 90 valence electrons. The molecule has 0 saturated heterocycles. The summed E-state index contributed by atoms with van der Waals surface area (Å²) in [6, 6.07) is 5.80. The van der Waals surface area contributed by atoms with Crippen molar-refractivity contribution >= 4 is 32.7 Å². The second kappa shape index (κ2) is 4.73. The fourth-order valence-electron chi connectivity index (χ4n) is 1.72. The average Bonchev–Trinajstić information content (AvgIpc) is 2.89. The lowest BCUT2D eigenvalue weighted by molar-refractivity contribution is 0.982. The van der Waals surface area contributed by atoms with Crippen LogP contribution < -0.4 is 5.32 Å². The number of anilines is 1. The lowest BCUT2D eigenvalue weighted by Crippen LogP contribution is -2.01. The van der Waals surface area contributed by atoms with Crippen LogP contribution in [0.15, 0.2) is 41.3 Å². The minimum Gasteiger partial charge on any atom is -0.378 e.